The highest BCUT2D eigenvalue weighted by molar-refractivity contribution is 7.13. The van der Waals surface area contributed by atoms with E-state index in [0.29, 0.717) is 23.7 Å². The first kappa shape index (κ1) is 11.8. The van der Waals surface area contributed by atoms with E-state index in [4.69, 9.17) is 10.2 Å². The molecule has 2 aromatic heterocycles. The number of rotatable bonds is 4. The van der Waals surface area contributed by atoms with Gasteiger partial charge in [0.2, 0.25) is 0 Å². The van der Waals surface area contributed by atoms with E-state index in [-0.39, 0.29) is 5.91 Å². The molecule has 2 heterocycles. The number of carbonyl (C=O) groups is 1. The molecule has 1 amide bonds. The molecule has 17 heavy (non-hydrogen) atoms. The van der Waals surface area contributed by atoms with Crippen molar-refractivity contribution in [2.45, 2.75) is 20.0 Å². The number of amides is 1. The van der Waals surface area contributed by atoms with Crippen LogP contribution >= 0.6 is 11.3 Å². The Balaban J connectivity index is 2.01. The average molecular weight is 251 g/mol. The maximum atomic E-state index is 11.9. The summed E-state index contributed by atoms with van der Waals surface area (Å²) in [6.45, 7) is 2.54. The summed E-state index contributed by atoms with van der Waals surface area (Å²) in [6.07, 6.45) is 1.58. The van der Waals surface area contributed by atoms with Crippen LogP contribution < -0.4 is 11.1 Å². The second-order valence-electron chi connectivity index (χ2n) is 3.49. The fourth-order valence-electron chi connectivity index (χ4n) is 1.41. The van der Waals surface area contributed by atoms with E-state index in [0.717, 1.165) is 10.8 Å². The second kappa shape index (κ2) is 5.11. The van der Waals surface area contributed by atoms with E-state index in [1.54, 1.807) is 19.3 Å². The molecule has 0 radical (unpaired) electrons. The number of aryl methyl sites for hydroxylation is 1. The van der Waals surface area contributed by atoms with E-state index in [2.05, 4.69) is 10.3 Å². The van der Waals surface area contributed by atoms with Crippen molar-refractivity contribution in [3.63, 3.8) is 0 Å². The Kier molecular flexibility index (Phi) is 3.55. The van der Waals surface area contributed by atoms with E-state index in [1.165, 1.54) is 11.3 Å². The fraction of sp³-hybridized carbons (Fsp3) is 0.273. The van der Waals surface area contributed by atoms with E-state index < -0.39 is 0 Å². The largest absolute Gasteiger partial charge is 0.467 e. The molecule has 90 valence electrons. The summed E-state index contributed by atoms with van der Waals surface area (Å²) in [5.74, 6) is 0.579. The first-order chi connectivity index (χ1) is 8.20. The van der Waals surface area contributed by atoms with Gasteiger partial charge < -0.3 is 15.5 Å². The van der Waals surface area contributed by atoms with Crippen molar-refractivity contribution in [2.24, 2.45) is 5.73 Å². The van der Waals surface area contributed by atoms with Gasteiger partial charge in [-0.15, -0.1) is 11.3 Å². The zero-order valence-corrected chi connectivity index (χ0v) is 10.2. The van der Waals surface area contributed by atoms with Crippen molar-refractivity contribution in [1.82, 2.24) is 10.3 Å². The van der Waals surface area contributed by atoms with Crippen LogP contribution in [0.2, 0.25) is 0 Å². The standard InChI is InChI=1S/C11H13N3O2S/c1-7-10(17-9(5-12)14-7)11(15)13-6-8-3-2-4-16-8/h2-4H,5-6,12H2,1H3,(H,13,15). The summed E-state index contributed by atoms with van der Waals surface area (Å²) in [4.78, 5) is 16.7. The summed E-state index contributed by atoms with van der Waals surface area (Å²) in [5, 5.41) is 3.55. The number of hydrogen-bond donors (Lipinski definition) is 2. The Labute approximate surface area is 103 Å². The molecule has 0 saturated carbocycles. The van der Waals surface area contributed by atoms with Gasteiger partial charge in [0.25, 0.3) is 5.91 Å². The van der Waals surface area contributed by atoms with Crippen molar-refractivity contribution in [1.29, 1.82) is 0 Å². The maximum Gasteiger partial charge on any atom is 0.263 e. The number of nitrogens with two attached hydrogens (primary N) is 1. The molecule has 3 N–H and O–H groups in total. The molecule has 0 bridgehead atoms. The number of nitrogens with zero attached hydrogens (tertiary/aromatic N) is 1. The van der Waals surface area contributed by atoms with Gasteiger partial charge in [0.1, 0.15) is 15.6 Å². The molecule has 0 aliphatic rings. The van der Waals surface area contributed by atoms with Gasteiger partial charge in [0, 0.05) is 6.54 Å². The highest BCUT2D eigenvalue weighted by Gasteiger charge is 2.14. The summed E-state index contributed by atoms with van der Waals surface area (Å²) in [5.41, 5.74) is 6.20. The van der Waals surface area contributed by atoms with Gasteiger partial charge in [-0.25, -0.2) is 4.98 Å². The minimum atomic E-state index is -0.142. The molecule has 2 aromatic rings. The smallest absolute Gasteiger partial charge is 0.263 e. The highest BCUT2D eigenvalue weighted by atomic mass is 32.1. The number of nitrogens with one attached hydrogen (secondary N) is 1. The summed E-state index contributed by atoms with van der Waals surface area (Å²) < 4.78 is 5.13. The summed E-state index contributed by atoms with van der Waals surface area (Å²) in [6, 6.07) is 3.59. The molecule has 0 saturated heterocycles. The lowest BCUT2D eigenvalue weighted by molar-refractivity contribution is 0.0951. The zero-order chi connectivity index (χ0) is 12.3. The van der Waals surface area contributed by atoms with E-state index >= 15 is 0 Å². The maximum absolute atomic E-state index is 11.9. The van der Waals surface area contributed by atoms with Gasteiger partial charge in [-0.3, -0.25) is 4.79 Å². The Bertz CT molecular complexity index is 505. The van der Waals surface area contributed by atoms with Crippen molar-refractivity contribution in [3.05, 3.63) is 39.7 Å². The molecule has 0 atom stereocenters. The van der Waals surface area contributed by atoms with Crippen molar-refractivity contribution >= 4 is 17.2 Å². The Hall–Kier alpha value is -1.66. The Morgan fingerprint density at radius 3 is 3.06 bits per heavy atom. The predicted octanol–water partition coefficient (Wildman–Crippen LogP) is 1.43. The molecule has 0 fully saturated rings. The van der Waals surface area contributed by atoms with Crippen LogP contribution in [-0.4, -0.2) is 10.9 Å². The molecule has 0 spiro atoms. The fourth-order valence-corrected chi connectivity index (χ4v) is 2.27. The van der Waals surface area contributed by atoms with Gasteiger partial charge >= 0.3 is 0 Å². The molecule has 0 unspecified atom stereocenters. The van der Waals surface area contributed by atoms with Crippen molar-refractivity contribution in [3.8, 4) is 0 Å². The van der Waals surface area contributed by atoms with Gasteiger partial charge in [-0.1, -0.05) is 0 Å². The monoisotopic (exact) mass is 251 g/mol. The predicted molar refractivity (Wildman–Crippen MR) is 64.6 cm³/mol. The summed E-state index contributed by atoms with van der Waals surface area (Å²) >= 11 is 1.33. The van der Waals surface area contributed by atoms with E-state index in [1.807, 2.05) is 6.07 Å². The molecule has 0 aromatic carbocycles. The first-order valence-electron chi connectivity index (χ1n) is 5.17. The zero-order valence-electron chi connectivity index (χ0n) is 9.40. The van der Waals surface area contributed by atoms with Gasteiger partial charge in [0.05, 0.1) is 18.5 Å². The lowest BCUT2D eigenvalue weighted by atomic mass is 10.3. The van der Waals surface area contributed by atoms with Crippen molar-refractivity contribution in [2.75, 3.05) is 0 Å². The number of carbonyl (C=O) groups excluding carboxylic acids is 1. The Morgan fingerprint density at radius 1 is 1.65 bits per heavy atom. The normalized spacial score (nSPS) is 10.5. The third-order valence-corrected chi connectivity index (χ3v) is 3.40. The molecule has 0 aliphatic heterocycles. The van der Waals surface area contributed by atoms with Crippen LogP contribution in [0.4, 0.5) is 0 Å². The number of hydrogen-bond acceptors (Lipinski definition) is 5. The quantitative estimate of drug-likeness (QED) is 0.861. The van der Waals surface area contributed by atoms with Gasteiger partial charge in [-0.2, -0.15) is 0 Å². The van der Waals surface area contributed by atoms with Crippen LogP contribution in [0.15, 0.2) is 22.8 Å². The SMILES string of the molecule is Cc1nc(CN)sc1C(=O)NCc1ccco1. The molecule has 6 heteroatoms. The van der Waals surface area contributed by atoms with Crippen LogP contribution in [0.5, 0.6) is 0 Å². The topological polar surface area (TPSA) is 81.1 Å². The van der Waals surface area contributed by atoms with Crippen LogP contribution in [0.1, 0.15) is 26.1 Å². The third-order valence-electron chi connectivity index (χ3n) is 2.23. The van der Waals surface area contributed by atoms with Gasteiger partial charge in [0.15, 0.2) is 0 Å². The van der Waals surface area contributed by atoms with Crippen LogP contribution in [0.3, 0.4) is 0 Å². The molecular formula is C11H13N3O2S. The first-order valence-corrected chi connectivity index (χ1v) is 5.99. The Morgan fingerprint density at radius 2 is 2.47 bits per heavy atom. The van der Waals surface area contributed by atoms with E-state index in [9.17, 15) is 4.79 Å². The highest BCUT2D eigenvalue weighted by Crippen LogP contribution is 2.17. The molecule has 2 rings (SSSR count). The molecule has 5 nitrogen and oxygen atoms in total. The van der Waals surface area contributed by atoms with Crippen LogP contribution in [0, 0.1) is 6.92 Å². The molecular weight excluding hydrogens is 238 g/mol. The lowest BCUT2D eigenvalue weighted by Crippen LogP contribution is -2.22. The average Bonchev–Trinajstić information content (AvgIpc) is 2.94. The number of thiazole rings is 1. The third kappa shape index (κ3) is 2.72. The second-order valence-corrected chi connectivity index (χ2v) is 4.57. The lowest BCUT2D eigenvalue weighted by Gasteiger charge is -2.00. The number of aromatic nitrogens is 1. The minimum absolute atomic E-state index is 0.142. The number of furan rings is 1. The minimum Gasteiger partial charge on any atom is -0.467 e. The van der Waals surface area contributed by atoms with Crippen molar-refractivity contribution < 1.29 is 9.21 Å². The van der Waals surface area contributed by atoms with Crippen LogP contribution in [-0.2, 0) is 13.1 Å². The molecule has 0 aliphatic carbocycles. The van der Waals surface area contributed by atoms with Gasteiger partial charge in [-0.05, 0) is 19.1 Å². The summed E-state index contributed by atoms with van der Waals surface area (Å²) in [7, 11) is 0. The van der Waals surface area contributed by atoms with Crippen LogP contribution in [0.25, 0.3) is 0 Å².